The number of rotatable bonds is 4. The predicted molar refractivity (Wildman–Crippen MR) is 257 cm³/mol. The van der Waals surface area contributed by atoms with E-state index < -0.39 is 0 Å². The molecule has 4 aromatic heterocycles. The highest BCUT2D eigenvalue weighted by atomic mass is 16.3. The molecule has 0 unspecified atom stereocenters. The number of aryl methyl sites for hydroxylation is 1. The molecule has 1 aliphatic rings. The standard InChI is InChI=1S/C57H34N4O2/c1-2-16-36-32-46-44(31-35(36)15-1)39-28-27-34-14-4-6-19-38(34)54(39)61(46)45-29-30-50-52(42-21-8-10-25-48(42)63-50)53(45)57-59-55(40-22-11-17-33-13-3-5-18-37(33)40)58-56(60-57)43-23-12-26-49-51(43)41-20-7-9-24-47(41)62-49/h1-8,10-23,25-32H,9,24H2. The molecule has 14 rings (SSSR count). The van der Waals surface area contributed by atoms with E-state index in [9.17, 15) is 0 Å². The minimum Gasteiger partial charge on any atom is -0.460 e. The number of fused-ring (bicyclic) bond motifs is 13. The molecule has 0 saturated heterocycles. The molecule has 9 aromatic carbocycles. The van der Waals surface area contributed by atoms with Crippen LogP contribution in [0, 0.1) is 0 Å². The number of hydrogen-bond donors (Lipinski definition) is 0. The fourth-order valence-corrected chi connectivity index (χ4v) is 10.3. The molecular formula is C57H34N4O2. The lowest BCUT2D eigenvalue weighted by Gasteiger charge is -2.17. The van der Waals surface area contributed by atoms with E-state index in [1.54, 1.807) is 0 Å². The van der Waals surface area contributed by atoms with Gasteiger partial charge in [0, 0.05) is 55.4 Å². The van der Waals surface area contributed by atoms with Gasteiger partial charge in [0.1, 0.15) is 22.5 Å². The topological polar surface area (TPSA) is 69.9 Å². The van der Waals surface area contributed by atoms with Gasteiger partial charge in [0.25, 0.3) is 0 Å². The van der Waals surface area contributed by atoms with E-state index in [-0.39, 0.29) is 0 Å². The predicted octanol–water partition coefficient (Wildman–Crippen LogP) is 15.0. The van der Waals surface area contributed by atoms with Gasteiger partial charge < -0.3 is 13.4 Å². The van der Waals surface area contributed by atoms with Gasteiger partial charge in [-0.1, -0.05) is 146 Å². The van der Waals surface area contributed by atoms with Crippen molar-refractivity contribution in [1.29, 1.82) is 0 Å². The summed E-state index contributed by atoms with van der Waals surface area (Å²) in [7, 11) is 0. The smallest absolute Gasteiger partial charge is 0.166 e. The van der Waals surface area contributed by atoms with Crippen LogP contribution in [0.25, 0.3) is 133 Å². The van der Waals surface area contributed by atoms with E-state index in [0.29, 0.717) is 17.5 Å². The summed E-state index contributed by atoms with van der Waals surface area (Å²) >= 11 is 0. The normalized spacial score (nSPS) is 12.9. The van der Waals surface area contributed by atoms with E-state index in [2.05, 4.69) is 162 Å². The second-order valence-electron chi connectivity index (χ2n) is 16.6. The maximum Gasteiger partial charge on any atom is 0.166 e. The summed E-state index contributed by atoms with van der Waals surface area (Å²) in [4.78, 5) is 16.6. The Morgan fingerprint density at radius 1 is 0.444 bits per heavy atom. The van der Waals surface area contributed by atoms with Gasteiger partial charge in [-0.25, -0.2) is 15.0 Å². The maximum atomic E-state index is 6.69. The Hall–Kier alpha value is -8.35. The van der Waals surface area contributed by atoms with E-state index in [1.807, 2.05) is 24.3 Å². The summed E-state index contributed by atoms with van der Waals surface area (Å²) in [5, 5.41) is 12.2. The van der Waals surface area contributed by atoms with Gasteiger partial charge in [-0.05, 0) is 69.8 Å². The molecule has 0 N–H and O–H groups in total. The fraction of sp³-hybridized carbons (Fsp3) is 0.0351. The molecule has 0 amide bonds. The van der Waals surface area contributed by atoms with Crippen LogP contribution in [0.2, 0.25) is 0 Å². The number of hydrogen-bond acceptors (Lipinski definition) is 5. The van der Waals surface area contributed by atoms with Crippen LogP contribution in [0.1, 0.15) is 17.7 Å². The average Bonchev–Trinajstić information content (AvgIpc) is 4.02. The molecule has 0 aliphatic heterocycles. The summed E-state index contributed by atoms with van der Waals surface area (Å²) in [6.45, 7) is 0. The Morgan fingerprint density at radius 2 is 1.10 bits per heavy atom. The lowest BCUT2D eigenvalue weighted by molar-refractivity contribution is 0.546. The molecular weight excluding hydrogens is 773 g/mol. The molecule has 0 fully saturated rings. The van der Waals surface area contributed by atoms with Crippen LogP contribution in [0.4, 0.5) is 0 Å². The average molecular weight is 807 g/mol. The van der Waals surface area contributed by atoms with Crippen molar-refractivity contribution in [1.82, 2.24) is 19.5 Å². The highest BCUT2D eigenvalue weighted by Gasteiger charge is 2.27. The van der Waals surface area contributed by atoms with Crippen molar-refractivity contribution in [2.24, 2.45) is 0 Å². The molecule has 4 heterocycles. The Balaban J connectivity index is 1.17. The number of benzene rings is 9. The zero-order chi connectivity index (χ0) is 41.2. The van der Waals surface area contributed by atoms with Gasteiger partial charge in [-0.2, -0.15) is 0 Å². The van der Waals surface area contributed by atoms with E-state index in [0.717, 1.165) is 107 Å². The van der Waals surface area contributed by atoms with Crippen molar-refractivity contribution in [3.8, 4) is 39.9 Å². The van der Waals surface area contributed by atoms with Crippen LogP contribution in [0.3, 0.4) is 0 Å². The van der Waals surface area contributed by atoms with E-state index in [4.69, 9.17) is 23.8 Å². The fourth-order valence-electron chi connectivity index (χ4n) is 10.3. The third kappa shape index (κ3) is 5.03. The van der Waals surface area contributed by atoms with Gasteiger partial charge in [0.05, 0.1) is 22.3 Å². The van der Waals surface area contributed by atoms with Crippen molar-refractivity contribution in [2.45, 2.75) is 12.8 Å². The highest BCUT2D eigenvalue weighted by molar-refractivity contribution is 6.22. The molecule has 63 heavy (non-hydrogen) atoms. The SMILES string of the molecule is C1=Cc2c(oc3cccc(-c4nc(-c5cccc6ccccc56)nc(-c5c(-n6c7cc8ccccc8cc7c7ccc8ccccc8c76)ccc6oc7ccccc7c56)n4)c23)CC1. The number of allylic oxidation sites excluding steroid dienone is 1. The molecule has 0 bridgehead atoms. The molecule has 0 spiro atoms. The van der Waals surface area contributed by atoms with E-state index in [1.165, 1.54) is 26.9 Å². The van der Waals surface area contributed by atoms with Gasteiger partial charge >= 0.3 is 0 Å². The Bertz CT molecular complexity index is 4110. The van der Waals surface area contributed by atoms with Crippen LogP contribution in [-0.4, -0.2) is 19.5 Å². The minimum absolute atomic E-state index is 0.552. The highest BCUT2D eigenvalue weighted by Crippen LogP contribution is 2.46. The van der Waals surface area contributed by atoms with Crippen LogP contribution in [0.15, 0.2) is 185 Å². The van der Waals surface area contributed by atoms with Gasteiger partial charge in [-0.3, -0.25) is 0 Å². The lowest BCUT2D eigenvalue weighted by Crippen LogP contribution is -2.05. The number of aromatic nitrogens is 4. The zero-order valence-corrected chi connectivity index (χ0v) is 33.8. The Morgan fingerprint density at radius 3 is 1.97 bits per heavy atom. The molecule has 294 valence electrons. The first kappa shape index (κ1) is 34.4. The summed E-state index contributed by atoms with van der Waals surface area (Å²) in [5.41, 5.74) is 9.33. The molecule has 6 nitrogen and oxygen atoms in total. The van der Waals surface area contributed by atoms with Crippen molar-refractivity contribution in [3.05, 3.63) is 187 Å². The van der Waals surface area contributed by atoms with E-state index >= 15 is 0 Å². The first-order chi connectivity index (χ1) is 31.2. The van der Waals surface area contributed by atoms with Gasteiger partial charge in [-0.15, -0.1) is 0 Å². The lowest BCUT2D eigenvalue weighted by atomic mass is 9.98. The summed E-state index contributed by atoms with van der Waals surface area (Å²) in [6.07, 6.45) is 6.21. The molecule has 0 radical (unpaired) electrons. The summed E-state index contributed by atoms with van der Waals surface area (Å²) in [5.74, 6) is 2.71. The third-order valence-electron chi connectivity index (χ3n) is 13.1. The quantitative estimate of drug-likeness (QED) is 0.177. The molecule has 0 saturated carbocycles. The molecule has 0 atom stereocenters. The van der Waals surface area contributed by atoms with Crippen molar-refractivity contribution in [3.63, 3.8) is 0 Å². The van der Waals surface area contributed by atoms with Crippen LogP contribution in [0.5, 0.6) is 0 Å². The number of nitrogens with zero attached hydrogens (tertiary/aromatic N) is 4. The summed E-state index contributed by atoms with van der Waals surface area (Å²) in [6, 6.07) is 60.0. The van der Waals surface area contributed by atoms with Gasteiger partial charge in [0.15, 0.2) is 17.5 Å². The zero-order valence-electron chi connectivity index (χ0n) is 33.8. The molecule has 6 heteroatoms. The third-order valence-corrected chi connectivity index (χ3v) is 13.1. The number of para-hydroxylation sites is 1. The second kappa shape index (κ2) is 13.1. The second-order valence-corrected chi connectivity index (χ2v) is 16.6. The van der Waals surface area contributed by atoms with Gasteiger partial charge in [0.2, 0.25) is 0 Å². The molecule has 13 aromatic rings. The minimum atomic E-state index is 0.552. The van der Waals surface area contributed by atoms with Crippen molar-refractivity contribution in [2.75, 3.05) is 0 Å². The number of furan rings is 2. The first-order valence-corrected chi connectivity index (χ1v) is 21.5. The summed E-state index contributed by atoms with van der Waals surface area (Å²) < 4.78 is 15.6. The largest absolute Gasteiger partial charge is 0.460 e. The Kier molecular flexibility index (Phi) is 7.13. The first-order valence-electron chi connectivity index (χ1n) is 21.5. The van der Waals surface area contributed by atoms with Crippen molar-refractivity contribution >= 4 is 93.1 Å². The monoisotopic (exact) mass is 806 g/mol. The van der Waals surface area contributed by atoms with Crippen LogP contribution >= 0.6 is 0 Å². The Labute approximate surface area is 360 Å². The maximum absolute atomic E-state index is 6.69. The van der Waals surface area contributed by atoms with Crippen LogP contribution in [-0.2, 0) is 6.42 Å². The van der Waals surface area contributed by atoms with Crippen molar-refractivity contribution < 1.29 is 8.83 Å². The molecule has 1 aliphatic carbocycles. The van der Waals surface area contributed by atoms with Crippen LogP contribution < -0.4 is 0 Å².